The van der Waals surface area contributed by atoms with Crippen LogP contribution in [0, 0.1) is 11.6 Å². The number of carbonyl (C=O) groups excluding carboxylic acids is 2. The lowest BCUT2D eigenvalue weighted by molar-refractivity contribution is -0.116. The largest absolute Gasteiger partial charge is 0.288 e. The lowest BCUT2D eigenvalue weighted by Crippen LogP contribution is -2.35. The van der Waals surface area contributed by atoms with E-state index in [2.05, 4.69) is 0 Å². The average Bonchev–Trinajstić information content (AvgIpc) is 2.46. The molecule has 0 aliphatic carbocycles. The van der Waals surface area contributed by atoms with Gasteiger partial charge in [0.2, 0.25) is 5.91 Å². The molecule has 2 rings (SSSR count). The fraction of sp³-hybridized carbons (Fsp3) is 0.0667. The molecule has 2 aromatic rings. The number of hydrogen-bond acceptors (Lipinski definition) is 3. The van der Waals surface area contributed by atoms with Gasteiger partial charge in [-0.15, -0.1) is 0 Å². The first-order valence-electron chi connectivity index (χ1n) is 6.05. The second-order valence-corrected chi connectivity index (χ2v) is 4.39. The number of benzene rings is 2. The second-order valence-electron chi connectivity index (χ2n) is 4.39. The molecule has 0 aliphatic rings. The van der Waals surface area contributed by atoms with Gasteiger partial charge in [-0.05, 0) is 36.4 Å². The van der Waals surface area contributed by atoms with Crippen LogP contribution in [-0.4, -0.2) is 11.7 Å². The Balaban J connectivity index is 2.30. The Morgan fingerprint density at radius 1 is 1.05 bits per heavy atom. The summed E-state index contributed by atoms with van der Waals surface area (Å²) in [7, 11) is 0. The van der Waals surface area contributed by atoms with E-state index in [0.29, 0.717) is 11.8 Å². The lowest BCUT2D eigenvalue weighted by Gasteiger charge is -2.14. The Morgan fingerprint density at radius 3 is 2.19 bits per heavy atom. The third-order valence-corrected chi connectivity index (χ3v) is 2.92. The number of hydrogen-bond donors (Lipinski definition) is 1. The third-order valence-electron chi connectivity index (χ3n) is 2.92. The van der Waals surface area contributed by atoms with Crippen LogP contribution in [0.1, 0.15) is 22.8 Å². The Hall–Kier alpha value is -2.60. The van der Waals surface area contributed by atoms with Gasteiger partial charge in [-0.1, -0.05) is 0 Å². The highest BCUT2D eigenvalue weighted by molar-refractivity contribution is 6.09. The minimum absolute atomic E-state index is 0.209. The smallest absolute Gasteiger partial charge is 0.238 e. The fourth-order valence-corrected chi connectivity index (χ4v) is 1.78. The van der Waals surface area contributed by atoms with Gasteiger partial charge in [0.25, 0.3) is 0 Å². The first-order chi connectivity index (χ1) is 9.90. The highest BCUT2D eigenvalue weighted by Crippen LogP contribution is 2.18. The van der Waals surface area contributed by atoms with Crippen molar-refractivity contribution in [2.24, 2.45) is 5.84 Å². The number of nitrogens with two attached hydrogens (primary N) is 1. The van der Waals surface area contributed by atoms with E-state index in [1.807, 2.05) is 0 Å². The molecule has 0 spiro atoms. The van der Waals surface area contributed by atoms with E-state index in [-0.39, 0.29) is 17.0 Å². The van der Waals surface area contributed by atoms with Gasteiger partial charge in [0, 0.05) is 18.6 Å². The number of carbonyl (C=O) groups is 2. The summed E-state index contributed by atoms with van der Waals surface area (Å²) in [6.07, 6.45) is 0. The van der Waals surface area contributed by atoms with E-state index in [0.717, 1.165) is 17.1 Å². The quantitative estimate of drug-likeness (QED) is 0.409. The molecule has 0 saturated carbocycles. The van der Waals surface area contributed by atoms with E-state index >= 15 is 0 Å². The minimum Gasteiger partial charge on any atom is -0.288 e. The molecule has 0 aromatic heterocycles. The monoisotopic (exact) mass is 290 g/mol. The Bertz CT molecular complexity index is 699. The summed E-state index contributed by atoms with van der Waals surface area (Å²) in [4.78, 5) is 23.2. The van der Waals surface area contributed by atoms with Crippen molar-refractivity contribution in [2.45, 2.75) is 6.92 Å². The van der Waals surface area contributed by atoms with Gasteiger partial charge in [0.1, 0.15) is 11.6 Å². The maximum absolute atomic E-state index is 13.6. The number of ketones is 1. The molecule has 0 aliphatic heterocycles. The van der Waals surface area contributed by atoms with Crippen molar-refractivity contribution >= 4 is 17.4 Å². The van der Waals surface area contributed by atoms with Crippen molar-refractivity contribution in [2.75, 3.05) is 5.01 Å². The first-order valence-corrected chi connectivity index (χ1v) is 6.05. The molecule has 2 aromatic carbocycles. The highest BCUT2D eigenvalue weighted by atomic mass is 19.1. The summed E-state index contributed by atoms with van der Waals surface area (Å²) in [5, 5.41) is 0.923. The van der Waals surface area contributed by atoms with Crippen molar-refractivity contribution in [1.29, 1.82) is 0 Å². The molecule has 0 atom stereocenters. The summed E-state index contributed by atoms with van der Waals surface area (Å²) in [6, 6.07) is 8.53. The number of rotatable bonds is 3. The number of hydrazine groups is 1. The molecule has 21 heavy (non-hydrogen) atoms. The highest BCUT2D eigenvalue weighted by Gasteiger charge is 2.15. The predicted molar refractivity (Wildman–Crippen MR) is 73.6 cm³/mol. The van der Waals surface area contributed by atoms with Crippen LogP contribution >= 0.6 is 0 Å². The first kappa shape index (κ1) is 14.8. The van der Waals surface area contributed by atoms with Gasteiger partial charge in [0.05, 0.1) is 11.3 Å². The maximum atomic E-state index is 13.6. The summed E-state index contributed by atoms with van der Waals surface area (Å²) in [5.74, 6) is 2.90. The number of nitrogens with zero attached hydrogens (tertiary/aromatic N) is 1. The molecule has 0 unspecified atom stereocenters. The van der Waals surface area contributed by atoms with Crippen LogP contribution in [0.2, 0.25) is 0 Å². The van der Waals surface area contributed by atoms with Crippen molar-refractivity contribution < 1.29 is 18.4 Å². The van der Waals surface area contributed by atoms with Crippen molar-refractivity contribution in [3.05, 3.63) is 65.2 Å². The molecule has 0 radical (unpaired) electrons. The van der Waals surface area contributed by atoms with Crippen molar-refractivity contribution in [1.82, 2.24) is 0 Å². The summed E-state index contributed by atoms with van der Waals surface area (Å²) >= 11 is 0. The van der Waals surface area contributed by atoms with Crippen LogP contribution in [0.4, 0.5) is 14.5 Å². The van der Waals surface area contributed by atoms with Crippen LogP contribution in [0.25, 0.3) is 0 Å². The summed E-state index contributed by atoms with van der Waals surface area (Å²) in [6.45, 7) is 1.30. The molecule has 0 fully saturated rings. The lowest BCUT2D eigenvalue weighted by atomic mass is 10.0. The molecule has 0 heterocycles. The molecule has 0 saturated heterocycles. The van der Waals surface area contributed by atoms with Crippen LogP contribution in [0.3, 0.4) is 0 Å². The Kier molecular flexibility index (Phi) is 4.09. The van der Waals surface area contributed by atoms with E-state index in [9.17, 15) is 18.4 Å². The Morgan fingerprint density at radius 2 is 1.67 bits per heavy atom. The normalized spacial score (nSPS) is 10.3. The second kappa shape index (κ2) is 5.80. The van der Waals surface area contributed by atoms with E-state index in [4.69, 9.17) is 5.84 Å². The van der Waals surface area contributed by atoms with Crippen LogP contribution < -0.4 is 10.9 Å². The van der Waals surface area contributed by atoms with Gasteiger partial charge in [-0.2, -0.15) is 0 Å². The zero-order chi connectivity index (χ0) is 15.6. The predicted octanol–water partition coefficient (Wildman–Crippen LogP) is 2.42. The van der Waals surface area contributed by atoms with Gasteiger partial charge >= 0.3 is 0 Å². The zero-order valence-corrected chi connectivity index (χ0v) is 11.1. The summed E-state index contributed by atoms with van der Waals surface area (Å²) in [5.41, 5.74) is 0.389. The molecule has 1 amide bonds. The summed E-state index contributed by atoms with van der Waals surface area (Å²) < 4.78 is 26.4. The molecule has 108 valence electrons. The van der Waals surface area contributed by atoms with Gasteiger partial charge in [-0.3, -0.25) is 9.59 Å². The molecule has 4 nitrogen and oxygen atoms in total. The maximum Gasteiger partial charge on any atom is 0.238 e. The molecular weight excluding hydrogens is 278 g/mol. The van der Waals surface area contributed by atoms with Crippen molar-refractivity contribution in [3.8, 4) is 0 Å². The standard InChI is InChI=1S/C15H12F2N2O2/c1-9(20)19(18)12-5-2-10(3-6-12)15(21)13-7-4-11(16)8-14(13)17/h2-8H,18H2,1H3. The SMILES string of the molecule is CC(=O)N(N)c1ccc(C(=O)c2ccc(F)cc2F)cc1. The molecule has 0 bridgehead atoms. The van der Waals surface area contributed by atoms with Gasteiger partial charge in [0.15, 0.2) is 5.78 Å². The molecule has 6 heteroatoms. The molecule has 2 N–H and O–H groups in total. The van der Waals surface area contributed by atoms with E-state index < -0.39 is 17.4 Å². The van der Waals surface area contributed by atoms with Crippen LogP contribution in [-0.2, 0) is 4.79 Å². The average molecular weight is 290 g/mol. The molecular formula is C15H12F2N2O2. The van der Waals surface area contributed by atoms with Crippen LogP contribution in [0.5, 0.6) is 0 Å². The van der Waals surface area contributed by atoms with Gasteiger partial charge < -0.3 is 0 Å². The van der Waals surface area contributed by atoms with E-state index in [1.165, 1.54) is 31.2 Å². The Labute approximate surface area is 119 Å². The van der Waals surface area contributed by atoms with Gasteiger partial charge in [-0.25, -0.2) is 19.6 Å². The number of amides is 1. The number of anilines is 1. The third kappa shape index (κ3) is 3.11. The topological polar surface area (TPSA) is 63.4 Å². The van der Waals surface area contributed by atoms with Crippen LogP contribution in [0.15, 0.2) is 42.5 Å². The van der Waals surface area contributed by atoms with Crippen molar-refractivity contribution in [3.63, 3.8) is 0 Å². The fourth-order valence-electron chi connectivity index (χ4n) is 1.78. The minimum atomic E-state index is -0.923. The number of halogens is 2. The zero-order valence-electron chi connectivity index (χ0n) is 11.1. The van der Waals surface area contributed by atoms with E-state index in [1.54, 1.807) is 0 Å².